The third kappa shape index (κ3) is 5.17. The van der Waals surface area contributed by atoms with E-state index in [-0.39, 0.29) is 0 Å². The highest BCUT2D eigenvalue weighted by atomic mass is 35.5. The summed E-state index contributed by atoms with van der Waals surface area (Å²) < 4.78 is 0. The maximum absolute atomic E-state index is 5.95. The van der Waals surface area contributed by atoms with Gasteiger partial charge in [0, 0.05) is 49.0 Å². The minimum atomic E-state index is 0.582. The summed E-state index contributed by atoms with van der Waals surface area (Å²) in [5.74, 6) is 0. The molecule has 0 amide bonds. The first-order valence-electron chi connectivity index (χ1n) is 8.04. The van der Waals surface area contributed by atoms with Gasteiger partial charge in [-0.3, -0.25) is 4.90 Å². The lowest BCUT2D eigenvalue weighted by Crippen LogP contribution is -2.50. The van der Waals surface area contributed by atoms with Crippen molar-refractivity contribution in [1.82, 2.24) is 10.2 Å². The second kappa shape index (κ2) is 8.02. The number of hydrogen-bond acceptors (Lipinski definition) is 3. The topological polar surface area (TPSA) is 18.5 Å². The van der Waals surface area contributed by atoms with E-state index < -0.39 is 0 Å². The molecule has 1 fully saturated rings. The number of benzene rings is 1. The van der Waals surface area contributed by atoms with Crippen molar-refractivity contribution < 1.29 is 0 Å². The van der Waals surface area contributed by atoms with Crippen LogP contribution in [0.3, 0.4) is 0 Å². The number of rotatable bonds is 6. The number of nitrogens with zero attached hydrogens (tertiary/aromatic N) is 2. The van der Waals surface area contributed by atoms with Gasteiger partial charge in [0.2, 0.25) is 0 Å². The van der Waals surface area contributed by atoms with Crippen LogP contribution < -0.4 is 10.2 Å². The number of anilines is 1. The summed E-state index contributed by atoms with van der Waals surface area (Å²) in [4.78, 5) is 5.06. The second-order valence-corrected chi connectivity index (χ2v) is 6.68. The molecule has 1 atom stereocenters. The van der Waals surface area contributed by atoms with Gasteiger partial charge in [-0.1, -0.05) is 25.4 Å². The van der Waals surface area contributed by atoms with Crippen molar-refractivity contribution in [2.45, 2.75) is 39.3 Å². The van der Waals surface area contributed by atoms with Crippen molar-refractivity contribution in [1.29, 1.82) is 0 Å². The maximum Gasteiger partial charge on any atom is 0.0407 e. The van der Waals surface area contributed by atoms with Gasteiger partial charge in [-0.25, -0.2) is 0 Å². The minimum absolute atomic E-state index is 0.582. The van der Waals surface area contributed by atoms with E-state index in [2.05, 4.69) is 48.0 Å². The molecule has 21 heavy (non-hydrogen) atoms. The summed E-state index contributed by atoms with van der Waals surface area (Å²) in [5, 5.41) is 4.31. The third-order valence-corrected chi connectivity index (χ3v) is 4.50. The van der Waals surface area contributed by atoms with Crippen LogP contribution in [0.1, 0.15) is 27.2 Å². The standard InChI is InChI=1S/C17H28ClN3/c1-14(2)19-9-8-15(3)20-10-12-21(13-11-20)17-6-4-16(18)5-7-17/h4-7,14-15,19H,8-13H2,1-3H3. The summed E-state index contributed by atoms with van der Waals surface area (Å²) in [6.45, 7) is 12.4. The van der Waals surface area contributed by atoms with Gasteiger partial charge >= 0.3 is 0 Å². The van der Waals surface area contributed by atoms with Gasteiger partial charge in [-0.2, -0.15) is 0 Å². The number of halogens is 1. The molecule has 1 aromatic carbocycles. The molecule has 3 nitrogen and oxygen atoms in total. The Hall–Kier alpha value is -0.770. The summed E-state index contributed by atoms with van der Waals surface area (Å²) in [7, 11) is 0. The molecule has 0 aliphatic carbocycles. The zero-order valence-electron chi connectivity index (χ0n) is 13.5. The van der Waals surface area contributed by atoms with E-state index in [4.69, 9.17) is 11.6 Å². The van der Waals surface area contributed by atoms with Crippen LogP contribution in [0.25, 0.3) is 0 Å². The van der Waals surface area contributed by atoms with Crippen molar-refractivity contribution in [2.24, 2.45) is 0 Å². The average molecular weight is 310 g/mol. The molecule has 1 aromatic rings. The Labute approximate surface area is 134 Å². The second-order valence-electron chi connectivity index (χ2n) is 6.25. The maximum atomic E-state index is 5.95. The van der Waals surface area contributed by atoms with Gasteiger partial charge in [-0.15, -0.1) is 0 Å². The van der Waals surface area contributed by atoms with Crippen molar-refractivity contribution in [3.05, 3.63) is 29.3 Å². The Balaban J connectivity index is 1.76. The quantitative estimate of drug-likeness (QED) is 0.870. The fraction of sp³-hybridized carbons (Fsp3) is 0.647. The Morgan fingerprint density at radius 2 is 1.67 bits per heavy atom. The van der Waals surface area contributed by atoms with Gasteiger partial charge in [-0.05, 0) is 44.2 Å². The van der Waals surface area contributed by atoms with Crippen LogP contribution in [0, 0.1) is 0 Å². The Bertz CT molecular complexity index is 411. The Morgan fingerprint density at radius 3 is 2.24 bits per heavy atom. The average Bonchev–Trinajstić information content (AvgIpc) is 2.48. The van der Waals surface area contributed by atoms with Crippen LogP contribution in [0.2, 0.25) is 5.02 Å². The van der Waals surface area contributed by atoms with Crippen LogP contribution >= 0.6 is 11.6 Å². The molecular formula is C17H28ClN3. The molecule has 2 rings (SSSR count). The lowest BCUT2D eigenvalue weighted by atomic mass is 10.1. The summed E-state index contributed by atoms with van der Waals surface area (Å²) in [6.07, 6.45) is 1.22. The van der Waals surface area contributed by atoms with Crippen molar-refractivity contribution >= 4 is 17.3 Å². The van der Waals surface area contributed by atoms with E-state index in [0.29, 0.717) is 12.1 Å². The van der Waals surface area contributed by atoms with E-state index in [1.54, 1.807) is 0 Å². The molecule has 1 heterocycles. The van der Waals surface area contributed by atoms with Crippen molar-refractivity contribution in [3.8, 4) is 0 Å². The van der Waals surface area contributed by atoms with Crippen LogP contribution in [0.4, 0.5) is 5.69 Å². The van der Waals surface area contributed by atoms with Gasteiger partial charge in [0.1, 0.15) is 0 Å². The lowest BCUT2D eigenvalue weighted by Gasteiger charge is -2.39. The zero-order valence-corrected chi connectivity index (χ0v) is 14.2. The molecule has 1 saturated heterocycles. The van der Waals surface area contributed by atoms with Crippen molar-refractivity contribution in [2.75, 3.05) is 37.6 Å². The van der Waals surface area contributed by atoms with E-state index in [9.17, 15) is 0 Å². The van der Waals surface area contributed by atoms with Gasteiger partial charge < -0.3 is 10.2 Å². The first-order valence-corrected chi connectivity index (χ1v) is 8.42. The molecule has 0 radical (unpaired) electrons. The highest BCUT2D eigenvalue weighted by molar-refractivity contribution is 6.30. The summed E-state index contributed by atoms with van der Waals surface area (Å²) in [6, 6.07) is 9.43. The summed E-state index contributed by atoms with van der Waals surface area (Å²) >= 11 is 5.95. The molecule has 1 unspecified atom stereocenters. The summed E-state index contributed by atoms with van der Waals surface area (Å²) in [5.41, 5.74) is 1.29. The van der Waals surface area contributed by atoms with Gasteiger partial charge in [0.25, 0.3) is 0 Å². The van der Waals surface area contributed by atoms with Crippen LogP contribution in [-0.2, 0) is 0 Å². The molecule has 0 aromatic heterocycles. The van der Waals surface area contributed by atoms with Crippen molar-refractivity contribution in [3.63, 3.8) is 0 Å². The fourth-order valence-electron chi connectivity index (χ4n) is 2.84. The fourth-order valence-corrected chi connectivity index (χ4v) is 2.96. The molecule has 4 heteroatoms. The number of piperazine rings is 1. The number of hydrogen-bond donors (Lipinski definition) is 1. The Kier molecular flexibility index (Phi) is 6.34. The smallest absolute Gasteiger partial charge is 0.0407 e. The molecule has 0 saturated carbocycles. The first kappa shape index (κ1) is 16.6. The molecule has 0 bridgehead atoms. The highest BCUT2D eigenvalue weighted by Crippen LogP contribution is 2.20. The predicted molar refractivity (Wildman–Crippen MR) is 92.5 cm³/mol. The first-order chi connectivity index (χ1) is 10.1. The molecule has 1 aliphatic rings. The van der Waals surface area contributed by atoms with Crippen LogP contribution in [0.15, 0.2) is 24.3 Å². The van der Waals surface area contributed by atoms with E-state index in [0.717, 1.165) is 37.7 Å². The van der Waals surface area contributed by atoms with E-state index in [1.165, 1.54) is 12.1 Å². The SMILES string of the molecule is CC(C)NCCC(C)N1CCN(c2ccc(Cl)cc2)CC1. The van der Waals surface area contributed by atoms with Crippen LogP contribution in [0.5, 0.6) is 0 Å². The molecular weight excluding hydrogens is 282 g/mol. The van der Waals surface area contributed by atoms with Crippen LogP contribution in [-0.4, -0.2) is 49.7 Å². The van der Waals surface area contributed by atoms with E-state index >= 15 is 0 Å². The Morgan fingerprint density at radius 1 is 1.05 bits per heavy atom. The lowest BCUT2D eigenvalue weighted by molar-refractivity contribution is 0.187. The number of nitrogens with one attached hydrogen (secondary N) is 1. The zero-order chi connectivity index (χ0) is 15.2. The van der Waals surface area contributed by atoms with Gasteiger partial charge in [0.05, 0.1) is 0 Å². The van der Waals surface area contributed by atoms with Gasteiger partial charge in [0.15, 0.2) is 0 Å². The largest absolute Gasteiger partial charge is 0.369 e. The monoisotopic (exact) mass is 309 g/mol. The molecule has 118 valence electrons. The highest BCUT2D eigenvalue weighted by Gasteiger charge is 2.20. The normalized spacial score (nSPS) is 18.2. The molecule has 1 N–H and O–H groups in total. The molecule has 0 spiro atoms. The third-order valence-electron chi connectivity index (χ3n) is 4.24. The molecule has 1 aliphatic heterocycles. The van der Waals surface area contributed by atoms with E-state index in [1.807, 2.05) is 12.1 Å². The predicted octanol–water partition coefficient (Wildman–Crippen LogP) is 3.24. The minimum Gasteiger partial charge on any atom is -0.369 e.